The van der Waals surface area contributed by atoms with Gasteiger partial charge in [0.15, 0.2) is 0 Å². The number of nitrogens with zero attached hydrogens (tertiary/aromatic N) is 2. The van der Waals surface area contributed by atoms with Crippen molar-refractivity contribution in [3.63, 3.8) is 0 Å². The zero-order valence-corrected chi connectivity index (χ0v) is 17.1. The van der Waals surface area contributed by atoms with Crippen molar-refractivity contribution in [2.45, 2.75) is 72.9 Å². The molecule has 0 amide bonds. The second kappa shape index (κ2) is 9.76. The summed E-state index contributed by atoms with van der Waals surface area (Å²) in [5, 5.41) is 1.16. The number of aryl methyl sites for hydroxylation is 1. The van der Waals surface area contributed by atoms with Crippen molar-refractivity contribution >= 4 is 11.3 Å². The maximum absolute atomic E-state index is 4.85. The SMILES string of the molecule is C=C(C)N1Cc2nc(-c3ccc(CCCCCC)cc3)sc2C1.CC. The van der Waals surface area contributed by atoms with Crippen LogP contribution in [0.1, 0.15) is 69.5 Å². The number of unbranched alkanes of at least 4 members (excludes halogenated alkanes) is 3. The van der Waals surface area contributed by atoms with E-state index in [2.05, 4.69) is 49.6 Å². The minimum atomic E-state index is 0.913. The Labute approximate surface area is 157 Å². The fraction of sp³-hybridized carbons (Fsp3) is 0.500. The summed E-state index contributed by atoms with van der Waals surface area (Å²) in [4.78, 5) is 8.53. The molecule has 0 bridgehead atoms. The fourth-order valence-electron chi connectivity index (χ4n) is 3.00. The van der Waals surface area contributed by atoms with Crippen molar-refractivity contribution in [3.8, 4) is 10.6 Å². The minimum absolute atomic E-state index is 0.913. The number of hydrogen-bond acceptors (Lipinski definition) is 3. The first kappa shape index (κ1) is 19.7. The molecule has 0 saturated carbocycles. The van der Waals surface area contributed by atoms with E-state index < -0.39 is 0 Å². The second-order valence-corrected chi connectivity index (χ2v) is 7.57. The van der Waals surface area contributed by atoms with Crippen molar-refractivity contribution in [1.29, 1.82) is 0 Å². The summed E-state index contributed by atoms with van der Waals surface area (Å²) in [5.41, 5.74) is 5.06. The van der Waals surface area contributed by atoms with Crippen LogP contribution in [0, 0.1) is 0 Å². The summed E-state index contributed by atoms with van der Waals surface area (Å²) in [6.45, 7) is 14.2. The number of thiazole rings is 1. The fourth-order valence-corrected chi connectivity index (χ4v) is 4.10. The van der Waals surface area contributed by atoms with E-state index in [4.69, 9.17) is 4.98 Å². The lowest BCUT2D eigenvalue weighted by Gasteiger charge is -2.16. The highest BCUT2D eigenvalue weighted by Gasteiger charge is 2.23. The molecule has 2 aromatic rings. The van der Waals surface area contributed by atoms with Gasteiger partial charge < -0.3 is 4.90 Å². The van der Waals surface area contributed by atoms with Crippen LogP contribution in [0.2, 0.25) is 0 Å². The van der Waals surface area contributed by atoms with Gasteiger partial charge in [-0.15, -0.1) is 11.3 Å². The third kappa shape index (κ3) is 5.18. The summed E-state index contributed by atoms with van der Waals surface area (Å²) in [6.07, 6.45) is 6.49. The summed E-state index contributed by atoms with van der Waals surface area (Å²) >= 11 is 1.83. The lowest BCUT2D eigenvalue weighted by molar-refractivity contribution is 0.364. The first-order chi connectivity index (χ1) is 12.2. The average Bonchev–Trinajstić information content (AvgIpc) is 3.20. The molecule has 3 rings (SSSR count). The molecule has 1 aliphatic heterocycles. The van der Waals surface area contributed by atoms with Crippen molar-refractivity contribution < 1.29 is 0 Å². The zero-order valence-electron chi connectivity index (χ0n) is 16.3. The molecule has 0 aliphatic carbocycles. The molecule has 0 saturated heterocycles. The van der Waals surface area contributed by atoms with E-state index in [1.165, 1.54) is 53.8 Å². The Kier molecular flexibility index (Phi) is 7.70. The van der Waals surface area contributed by atoms with Gasteiger partial charge in [0.25, 0.3) is 0 Å². The molecule has 0 unspecified atom stereocenters. The van der Waals surface area contributed by atoms with Crippen molar-refractivity contribution in [2.75, 3.05) is 0 Å². The number of rotatable bonds is 7. The largest absolute Gasteiger partial charge is 0.364 e. The molecule has 2 nitrogen and oxygen atoms in total. The van der Waals surface area contributed by atoms with Gasteiger partial charge in [-0.05, 0) is 25.3 Å². The summed E-state index contributed by atoms with van der Waals surface area (Å²) < 4.78 is 0. The second-order valence-electron chi connectivity index (χ2n) is 6.49. The Balaban J connectivity index is 0.00000109. The standard InChI is InChI=1S/C20H26N2S.C2H6/c1-4-5-6-7-8-16-9-11-17(12-10-16)20-21-18-13-22(15(2)3)14-19(18)23-20;1-2/h9-12H,2,4-8,13-14H2,1,3H3;1-2H3. The molecule has 0 radical (unpaired) electrons. The van der Waals surface area contributed by atoms with E-state index in [0.29, 0.717) is 0 Å². The molecule has 0 N–H and O–H groups in total. The lowest BCUT2D eigenvalue weighted by Crippen LogP contribution is -2.12. The first-order valence-corrected chi connectivity index (χ1v) is 10.5. The molecule has 0 spiro atoms. The van der Waals surface area contributed by atoms with E-state index in [1.54, 1.807) is 0 Å². The Morgan fingerprint density at radius 2 is 1.84 bits per heavy atom. The average molecular weight is 357 g/mol. The molecular formula is C22H32N2S. The van der Waals surface area contributed by atoms with Crippen LogP contribution in [0.5, 0.6) is 0 Å². The highest BCUT2D eigenvalue weighted by Crippen LogP contribution is 2.34. The quantitative estimate of drug-likeness (QED) is 0.507. The van der Waals surface area contributed by atoms with Crippen molar-refractivity contribution in [2.24, 2.45) is 0 Å². The maximum Gasteiger partial charge on any atom is 0.124 e. The predicted molar refractivity (Wildman–Crippen MR) is 111 cm³/mol. The molecule has 0 fully saturated rings. The van der Waals surface area contributed by atoms with E-state index in [0.717, 1.165) is 23.8 Å². The van der Waals surface area contributed by atoms with Crippen molar-refractivity contribution in [1.82, 2.24) is 9.88 Å². The Morgan fingerprint density at radius 1 is 1.12 bits per heavy atom. The van der Waals surface area contributed by atoms with Crippen LogP contribution in [0.15, 0.2) is 36.5 Å². The van der Waals surface area contributed by atoms with Gasteiger partial charge in [-0.25, -0.2) is 4.98 Å². The Bertz CT molecular complexity index is 646. The topological polar surface area (TPSA) is 16.1 Å². The van der Waals surface area contributed by atoms with Gasteiger partial charge in [0.2, 0.25) is 0 Å². The van der Waals surface area contributed by atoms with Gasteiger partial charge in [0, 0.05) is 16.1 Å². The van der Waals surface area contributed by atoms with Gasteiger partial charge in [0.05, 0.1) is 18.8 Å². The lowest BCUT2D eigenvalue weighted by atomic mass is 10.0. The molecule has 2 heterocycles. The summed E-state index contributed by atoms with van der Waals surface area (Å²) in [6, 6.07) is 9.02. The van der Waals surface area contributed by atoms with E-state index >= 15 is 0 Å². The molecule has 0 atom stereocenters. The number of allylic oxidation sites excluding steroid dienone is 1. The molecule has 1 aliphatic rings. The van der Waals surface area contributed by atoms with Gasteiger partial charge >= 0.3 is 0 Å². The smallest absolute Gasteiger partial charge is 0.124 e. The maximum atomic E-state index is 4.85. The van der Waals surface area contributed by atoms with Crippen LogP contribution in [0.3, 0.4) is 0 Å². The highest BCUT2D eigenvalue weighted by atomic mass is 32.1. The van der Waals surface area contributed by atoms with Crippen LogP contribution in [0.25, 0.3) is 10.6 Å². The number of benzene rings is 1. The van der Waals surface area contributed by atoms with Gasteiger partial charge in [0.1, 0.15) is 5.01 Å². The summed E-state index contributed by atoms with van der Waals surface area (Å²) in [5.74, 6) is 0. The molecular weight excluding hydrogens is 324 g/mol. The first-order valence-electron chi connectivity index (χ1n) is 9.65. The zero-order chi connectivity index (χ0) is 18.2. The van der Waals surface area contributed by atoms with E-state index in [1.807, 2.05) is 25.2 Å². The third-order valence-corrected chi connectivity index (χ3v) is 5.64. The predicted octanol–water partition coefficient (Wildman–Crippen LogP) is 6.81. The van der Waals surface area contributed by atoms with Crippen molar-refractivity contribution in [3.05, 3.63) is 52.7 Å². The van der Waals surface area contributed by atoms with Crippen LogP contribution < -0.4 is 0 Å². The van der Waals surface area contributed by atoms with Crippen LogP contribution >= 0.6 is 11.3 Å². The van der Waals surface area contributed by atoms with Gasteiger partial charge in [-0.3, -0.25) is 0 Å². The summed E-state index contributed by atoms with van der Waals surface area (Å²) in [7, 11) is 0. The Morgan fingerprint density at radius 3 is 2.44 bits per heavy atom. The normalized spacial score (nSPS) is 12.6. The number of aromatic nitrogens is 1. The van der Waals surface area contributed by atoms with Crippen LogP contribution in [-0.4, -0.2) is 9.88 Å². The molecule has 3 heteroatoms. The van der Waals surface area contributed by atoms with Gasteiger partial charge in [-0.1, -0.05) is 70.9 Å². The molecule has 1 aromatic heterocycles. The monoisotopic (exact) mass is 356 g/mol. The van der Waals surface area contributed by atoms with Crippen LogP contribution in [-0.2, 0) is 19.5 Å². The van der Waals surface area contributed by atoms with E-state index in [9.17, 15) is 0 Å². The highest BCUT2D eigenvalue weighted by molar-refractivity contribution is 7.15. The third-order valence-electron chi connectivity index (χ3n) is 4.51. The molecule has 25 heavy (non-hydrogen) atoms. The number of hydrogen-bond donors (Lipinski definition) is 0. The van der Waals surface area contributed by atoms with E-state index in [-0.39, 0.29) is 0 Å². The molecule has 136 valence electrons. The van der Waals surface area contributed by atoms with Crippen LogP contribution in [0.4, 0.5) is 0 Å². The van der Waals surface area contributed by atoms with Gasteiger partial charge in [-0.2, -0.15) is 0 Å². The number of fused-ring (bicyclic) bond motifs is 1. The minimum Gasteiger partial charge on any atom is -0.364 e. The molecule has 1 aromatic carbocycles. The Hall–Kier alpha value is -1.61.